The molecule has 0 bridgehead atoms. The van der Waals surface area contributed by atoms with Crippen LogP contribution >= 0.6 is 0 Å². The van der Waals surface area contributed by atoms with E-state index >= 15 is 0 Å². The molecule has 1 fully saturated rings. The summed E-state index contributed by atoms with van der Waals surface area (Å²) in [5.41, 5.74) is 3.29. The highest BCUT2D eigenvalue weighted by Gasteiger charge is 2.33. The SMILES string of the molecule is COc1ccc2cc(C(c3nnnn3Cc3ccccc3)N3CCN(c4ccccc4OC)CC3)c(=O)[nH]c2c1. The summed E-state index contributed by atoms with van der Waals surface area (Å²) in [5.74, 6) is 2.17. The van der Waals surface area contributed by atoms with Crippen molar-refractivity contribution in [3.8, 4) is 11.5 Å². The first-order valence-electron chi connectivity index (χ1n) is 13.3. The highest BCUT2D eigenvalue weighted by molar-refractivity contribution is 5.80. The van der Waals surface area contributed by atoms with E-state index in [4.69, 9.17) is 9.47 Å². The van der Waals surface area contributed by atoms with Crippen LogP contribution in [0.25, 0.3) is 10.9 Å². The van der Waals surface area contributed by atoms with Gasteiger partial charge in [-0.3, -0.25) is 9.69 Å². The lowest BCUT2D eigenvalue weighted by atomic mass is 10.0. The predicted octanol–water partition coefficient (Wildman–Crippen LogP) is 3.49. The van der Waals surface area contributed by atoms with Gasteiger partial charge in [-0.25, -0.2) is 4.68 Å². The Morgan fingerprint density at radius 1 is 0.900 bits per heavy atom. The van der Waals surface area contributed by atoms with Crippen LogP contribution in [0.4, 0.5) is 5.69 Å². The summed E-state index contributed by atoms with van der Waals surface area (Å²) in [6, 6.07) is 25.3. The first-order chi connectivity index (χ1) is 19.6. The van der Waals surface area contributed by atoms with Gasteiger partial charge in [-0.05, 0) is 51.7 Å². The summed E-state index contributed by atoms with van der Waals surface area (Å²) in [6.45, 7) is 3.45. The molecule has 1 aliphatic heterocycles. The molecule has 10 heteroatoms. The van der Waals surface area contributed by atoms with Crippen molar-refractivity contribution < 1.29 is 9.47 Å². The number of pyridine rings is 1. The second-order valence-electron chi connectivity index (χ2n) is 9.78. The molecule has 0 saturated carbocycles. The van der Waals surface area contributed by atoms with Crippen molar-refractivity contribution in [2.45, 2.75) is 12.6 Å². The summed E-state index contributed by atoms with van der Waals surface area (Å²) in [6.07, 6.45) is 0. The smallest absolute Gasteiger partial charge is 0.253 e. The Morgan fingerprint density at radius 2 is 1.68 bits per heavy atom. The molecule has 3 aromatic carbocycles. The average molecular weight is 538 g/mol. The van der Waals surface area contributed by atoms with Gasteiger partial charge in [0.2, 0.25) is 0 Å². The number of benzene rings is 3. The molecule has 1 unspecified atom stereocenters. The zero-order valence-electron chi connectivity index (χ0n) is 22.5. The van der Waals surface area contributed by atoms with Crippen LogP contribution in [0.5, 0.6) is 11.5 Å². The van der Waals surface area contributed by atoms with Crippen LogP contribution in [-0.4, -0.2) is 70.5 Å². The molecule has 1 atom stereocenters. The lowest BCUT2D eigenvalue weighted by Crippen LogP contribution is -2.49. The van der Waals surface area contributed by atoms with E-state index in [0.29, 0.717) is 36.8 Å². The molecule has 0 spiro atoms. The third kappa shape index (κ3) is 5.01. The molecule has 2 aromatic heterocycles. The van der Waals surface area contributed by atoms with Gasteiger partial charge in [0.1, 0.15) is 17.5 Å². The van der Waals surface area contributed by atoms with Gasteiger partial charge in [0, 0.05) is 37.8 Å². The maximum atomic E-state index is 13.6. The third-order valence-corrected chi connectivity index (χ3v) is 7.46. The number of aromatic amines is 1. The van der Waals surface area contributed by atoms with Crippen LogP contribution in [-0.2, 0) is 6.54 Å². The first kappa shape index (κ1) is 25.6. The molecule has 1 N–H and O–H groups in total. The largest absolute Gasteiger partial charge is 0.497 e. The molecule has 204 valence electrons. The zero-order valence-corrected chi connectivity index (χ0v) is 22.5. The molecule has 0 radical (unpaired) electrons. The number of fused-ring (bicyclic) bond motifs is 1. The number of nitrogens with zero attached hydrogens (tertiary/aromatic N) is 6. The predicted molar refractivity (Wildman–Crippen MR) is 153 cm³/mol. The number of rotatable bonds is 8. The van der Waals surface area contributed by atoms with Crippen molar-refractivity contribution in [3.05, 3.63) is 106 Å². The second-order valence-corrected chi connectivity index (χ2v) is 9.78. The van der Waals surface area contributed by atoms with Crippen molar-refractivity contribution >= 4 is 16.6 Å². The van der Waals surface area contributed by atoms with Crippen LogP contribution < -0.4 is 19.9 Å². The number of piperazine rings is 1. The number of hydrogen-bond acceptors (Lipinski definition) is 8. The zero-order chi connectivity index (χ0) is 27.5. The molecular weight excluding hydrogens is 506 g/mol. The van der Waals surface area contributed by atoms with Gasteiger partial charge in [0.05, 0.1) is 32.0 Å². The van der Waals surface area contributed by atoms with E-state index in [-0.39, 0.29) is 5.56 Å². The number of anilines is 1. The summed E-state index contributed by atoms with van der Waals surface area (Å²) < 4.78 is 12.8. The highest BCUT2D eigenvalue weighted by atomic mass is 16.5. The molecule has 0 amide bonds. The minimum absolute atomic E-state index is 0.174. The Morgan fingerprint density at radius 3 is 2.45 bits per heavy atom. The van der Waals surface area contributed by atoms with Gasteiger partial charge < -0.3 is 19.4 Å². The molecule has 1 aliphatic rings. The molecule has 0 aliphatic carbocycles. The number of nitrogens with one attached hydrogen (secondary N) is 1. The van der Waals surface area contributed by atoms with Crippen LogP contribution in [0, 0.1) is 0 Å². The number of hydrogen-bond donors (Lipinski definition) is 1. The van der Waals surface area contributed by atoms with Gasteiger partial charge in [-0.1, -0.05) is 42.5 Å². The van der Waals surface area contributed by atoms with Crippen molar-refractivity contribution in [2.75, 3.05) is 45.3 Å². The van der Waals surface area contributed by atoms with E-state index in [1.807, 2.05) is 72.8 Å². The fraction of sp³-hybridized carbons (Fsp3) is 0.267. The van der Waals surface area contributed by atoms with Gasteiger partial charge in [-0.15, -0.1) is 5.10 Å². The Bertz CT molecular complexity index is 1660. The number of methoxy groups -OCH3 is 2. The molecular formula is C30H31N7O3. The number of aromatic nitrogens is 5. The topological polar surface area (TPSA) is 101 Å². The number of para-hydroxylation sites is 2. The van der Waals surface area contributed by atoms with Crippen LogP contribution in [0.3, 0.4) is 0 Å². The average Bonchev–Trinajstić information content (AvgIpc) is 3.45. The fourth-order valence-electron chi connectivity index (χ4n) is 5.41. The highest BCUT2D eigenvalue weighted by Crippen LogP contribution is 2.32. The number of tetrazole rings is 1. The molecule has 1 saturated heterocycles. The number of H-pyrrole nitrogens is 1. The molecule has 3 heterocycles. The number of ether oxygens (including phenoxy) is 2. The van der Waals surface area contributed by atoms with E-state index in [1.165, 1.54) is 0 Å². The van der Waals surface area contributed by atoms with Crippen molar-refractivity contribution in [1.82, 2.24) is 30.1 Å². The Kier molecular flexibility index (Phi) is 7.15. The van der Waals surface area contributed by atoms with E-state index in [1.54, 1.807) is 18.9 Å². The molecule has 5 aromatic rings. The van der Waals surface area contributed by atoms with Crippen LogP contribution in [0.1, 0.15) is 23.0 Å². The minimum atomic E-state index is -0.436. The van der Waals surface area contributed by atoms with Crippen molar-refractivity contribution in [3.63, 3.8) is 0 Å². The molecule has 6 rings (SSSR count). The van der Waals surface area contributed by atoms with Crippen LogP contribution in [0.15, 0.2) is 83.7 Å². The first-order valence-corrected chi connectivity index (χ1v) is 13.3. The minimum Gasteiger partial charge on any atom is -0.497 e. The van der Waals surface area contributed by atoms with E-state index < -0.39 is 6.04 Å². The normalized spacial score (nSPS) is 14.8. The second kappa shape index (κ2) is 11.2. The maximum Gasteiger partial charge on any atom is 0.253 e. The van der Waals surface area contributed by atoms with Gasteiger partial charge >= 0.3 is 0 Å². The maximum absolute atomic E-state index is 13.6. The van der Waals surface area contributed by atoms with E-state index in [2.05, 4.69) is 36.4 Å². The monoisotopic (exact) mass is 537 g/mol. The lowest BCUT2D eigenvalue weighted by molar-refractivity contribution is 0.200. The Hall–Kier alpha value is -4.70. The Balaban J connectivity index is 1.38. The van der Waals surface area contributed by atoms with Crippen molar-refractivity contribution in [2.24, 2.45) is 0 Å². The molecule has 10 nitrogen and oxygen atoms in total. The quantitative estimate of drug-likeness (QED) is 0.321. The van der Waals surface area contributed by atoms with Crippen molar-refractivity contribution in [1.29, 1.82) is 0 Å². The van der Waals surface area contributed by atoms with Gasteiger partial charge in [0.25, 0.3) is 5.56 Å². The Labute approximate surface area is 231 Å². The lowest BCUT2D eigenvalue weighted by Gasteiger charge is -2.40. The summed E-state index contributed by atoms with van der Waals surface area (Å²) in [7, 11) is 3.31. The fourth-order valence-corrected chi connectivity index (χ4v) is 5.41. The summed E-state index contributed by atoms with van der Waals surface area (Å²) in [4.78, 5) is 21.3. The van der Waals surface area contributed by atoms with E-state index in [0.717, 1.165) is 41.0 Å². The summed E-state index contributed by atoms with van der Waals surface area (Å²) >= 11 is 0. The van der Waals surface area contributed by atoms with Crippen LogP contribution in [0.2, 0.25) is 0 Å². The van der Waals surface area contributed by atoms with Gasteiger partial charge in [-0.2, -0.15) is 0 Å². The standard InChI is InChI=1S/C30H31N7O3/c1-39-23-13-12-22-18-24(30(38)31-25(22)19-23)28(29-32-33-34-37(29)20-21-8-4-3-5-9-21)36-16-14-35(15-17-36)26-10-6-7-11-27(26)40-2/h3-13,18-19,28H,14-17,20H2,1-2H3,(H,31,38). The molecule has 40 heavy (non-hydrogen) atoms. The third-order valence-electron chi connectivity index (χ3n) is 7.46. The summed E-state index contributed by atoms with van der Waals surface area (Å²) in [5, 5.41) is 13.7. The van der Waals surface area contributed by atoms with E-state index in [9.17, 15) is 4.79 Å². The van der Waals surface area contributed by atoms with Gasteiger partial charge in [0.15, 0.2) is 5.82 Å².